The molecule has 0 atom stereocenters. The molecule has 130 valence electrons. The molecule has 2 N–H and O–H groups in total. The number of carbonyl (C=O) groups is 1. The minimum absolute atomic E-state index is 0.280. The lowest BCUT2D eigenvalue weighted by Crippen LogP contribution is -2.53. The lowest BCUT2D eigenvalue weighted by atomic mass is 9.78. The number of aliphatic hydroxyl groups is 1. The molecule has 0 fully saturated rings. The monoisotopic (exact) mass is 326 g/mol. The molecule has 1 heterocycles. The van der Waals surface area contributed by atoms with E-state index in [0.29, 0.717) is 5.46 Å². The normalized spacial score (nSPS) is 13.1. The number of aromatic nitrogens is 2. The van der Waals surface area contributed by atoms with Gasteiger partial charge in [0, 0.05) is 17.9 Å². The van der Waals surface area contributed by atoms with E-state index in [2.05, 4.69) is 5.10 Å². The topological polar surface area (TPSA) is 93.8 Å². The van der Waals surface area contributed by atoms with Gasteiger partial charge in [0.1, 0.15) is 0 Å². The maximum Gasteiger partial charge on any atom is 0.494 e. The van der Waals surface area contributed by atoms with Gasteiger partial charge in [0.05, 0.1) is 17.8 Å². The molecule has 0 unspecified atom stereocenters. The Morgan fingerprint density at radius 1 is 1.30 bits per heavy atom. The van der Waals surface area contributed by atoms with E-state index in [1.165, 1.54) is 17.1 Å². The number of hydrogen-bond donors (Lipinski definition) is 2. The number of rotatable bonds is 7. The Morgan fingerprint density at radius 2 is 1.87 bits per heavy atom. The van der Waals surface area contributed by atoms with Gasteiger partial charge in [0.15, 0.2) is 5.54 Å². The first-order chi connectivity index (χ1) is 10.3. The van der Waals surface area contributed by atoms with Crippen molar-refractivity contribution in [3.05, 3.63) is 12.4 Å². The molecule has 0 aliphatic carbocycles. The van der Waals surface area contributed by atoms with Crippen LogP contribution in [0.15, 0.2) is 12.4 Å². The molecule has 0 aliphatic rings. The van der Waals surface area contributed by atoms with Gasteiger partial charge in [-0.2, -0.15) is 5.10 Å². The predicted molar refractivity (Wildman–Crippen MR) is 87.3 cm³/mol. The molecule has 0 aliphatic heterocycles. The fourth-order valence-corrected chi connectivity index (χ4v) is 1.66. The second-order valence-electron chi connectivity index (χ2n) is 7.04. The fourth-order valence-electron chi connectivity index (χ4n) is 1.66. The maximum atomic E-state index is 12.0. The molecular formula is C15H27BN2O5. The summed E-state index contributed by atoms with van der Waals surface area (Å²) >= 11 is 0. The average molecular weight is 326 g/mol. The number of ether oxygens (including phenoxy) is 1. The van der Waals surface area contributed by atoms with Crippen molar-refractivity contribution in [1.29, 1.82) is 0 Å². The highest BCUT2D eigenvalue weighted by Crippen LogP contribution is 2.25. The first-order valence-corrected chi connectivity index (χ1v) is 7.63. The molecule has 0 amide bonds. The van der Waals surface area contributed by atoms with Crippen molar-refractivity contribution in [2.24, 2.45) is 0 Å². The van der Waals surface area contributed by atoms with Crippen LogP contribution in [0.5, 0.6) is 0 Å². The van der Waals surface area contributed by atoms with E-state index in [-0.39, 0.29) is 6.61 Å². The van der Waals surface area contributed by atoms with Crippen LogP contribution in [0.1, 0.15) is 48.5 Å². The van der Waals surface area contributed by atoms with Gasteiger partial charge in [-0.3, -0.25) is 4.68 Å². The van der Waals surface area contributed by atoms with Crippen molar-refractivity contribution in [2.75, 3.05) is 6.61 Å². The summed E-state index contributed by atoms with van der Waals surface area (Å²) in [5.74, 6) is -0.415. The summed E-state index contributed by atoms with van der Waals surface area (Å²) in [5, 5.41) is 24.4. The lowest BCUT2D eigenvalue weighted by Gasteiger charge is -2.38. The smallest absolute Gasteiger partial charge is 0.464 e. The van der Waals surface area contributed by atoms with Crippen LogP contribution in [0.4, 0.5) is 0 Å². The molecule has 23 heavy (non-hydrogen) atoms. The second kappa shape index (κ2) is 6.63. The molecule has 0 aromatic carbocycles. The quantitative estimate of drug-likeness (QED) is 0.558. The van der Waals surface area contributed by atoms with Gasteiger partial charge in [-0.1, -0.05) is 0 Å². The highest BCUT2D eigenvalue weighted by atomic mass is 16.5. The molecule has 0 saturated heterocycles. The Hall–Kier alpha value is -1.38. The largest absolute Gasteiger partial charge is 0.494 e. The van der Waals surface area contributed by atoms with Crippen molar-refractivity contribution in [3.8, 4) is 0 Å². The zero-order valence-electron chi connectivity index (χ0n) is 15.0. The van der Waals surface area contributed by atoms with Gasteiger partial charge in [-0.05, 0) is 48.5 Å². The van der Waals surface area contributed by atoms with Crippen molar-refractivity contribution >= 4 is 18.6 Å². The van der Waals surface area contributed by atoms with E-state index >= 15 is 0 Å². The molecule has 0 spiro atoms. The SMILES string of the molecule is CCOC(=O)C(C)(C)n1cc(B(O)OC(C)(C)C(C)(C)O)cn1. The Balaban J connectivity index is 2.94. The summed E-state index contributed by atoms with van der Waals surface area (Å²) in [5.41, 5.74) is -2.74. The van der Waals surface area contributed by atoms with Crippen LogP contribution >= 0.6 is 0 Å². The highest BCUT2D eigenvalue weighted by Gasteiger charge is 2.40. The lowest BCUT2D eigenvalue weighted by molar-refractivity contribution is -0.152. The average Bonchev–Trinajstić information content (AvgIpc) is 2.87. The predicted octanol–water partition coefficient (Wildman–Crippen LogP) is 0.435. The first kappa shape index (κ1) is 19.7. The van der Waals surface area contributed by atoms with E-state index in [9.17, 15) is 14.9 Å². The molecule has 1 rings (SSSR count). The number of nitrogens with zero attached hydrogens (tertiary/aromatic N) is 2. The zero-order valence-corrected chi connectivity index (χ0v) is 15.0. The summed E-state index contributed by atoms with van der Waals surface area (Å²) in [6.45, 7) is 11.9. The Kier molecular flexibility index (Phi) is 5.67. The Labute approximate surface area is 137 Å². The Morgan fingerprint density at radius 3 is 2.35 bits per heavy atom. The molecule has 1 aromatic heterocycles. The van der Waals surface area contributed by atoms with Gasteiger partial charge < -0.3 is 19.5 Å². The van der Waals surface area contributed by atoms with Crippen LogP contribution in [-0.4, -0.2) is 50.8 Å². The minimum Gasteiger partial charge on any atom is -0.464 e. The number of esters is 1. The fraction of sp³-hybridized carbons (Fsp3) is 0.733. The third-order valence-electron chi connectivity index (χ3n) is 4.12. The molecular weight excluding hydrogens is 299 g/mol. The third-order valence-corrected chi connectivity index (χ3v) is 4.12. The summed E-state index contributed by atoms with van der Waals surface area (Å²) in [7, 11) is -1.27. The molecule has 0 saturated carbocycles. The minimum atomic E-state index is -1.27. The van der Waals surface area contributed by atoms with Gasteiger partial charge in [0.25, 0.3) is 0 Å². The van der Waals surface area contributed by atoms with E-state index in [0.717, 1.165) is 0 Å². The van der Waals surface area contributed by atoms with E-state index in [1.807, 2.05) is 0 Å². The van der Waals surface area contributed by atoms with Crippen LogP contribution in [0, 0.1) is 0 Å². The Bertz CT molecular complexity index is 548. The highest BCUT2D eigenvalue weighted by molar-refractivity contribution is 6.59. The summed E-state index contributed by atoms with van der Waals surface area (Å²) < 4.78 is 12.0. The molecule has 1 aromatic rings. The molecule has 7 nitrogen and oxygen atoms in total. The van der Waals surface area contributed by atoms with Crippen LogP contribution in [0.2, 0.25) is 0 Å². The second-order valence-corrected chi connectivity index (χ2v) is 7.04. The molecule has 8 heteroatoms. The van der Waals surface area contributed by atoms with E-state index in [1.54, 1.807) is 48.5 Å². The van der Waals surface area contributed by atoms with Gasteiger partial charge in [-0.25, -0.2) is 4.79 Å². The van der Waals surface area contributed by atoms with Crippen molar-refractivity contribution in [2.45, 2.75) is 65.2 Å². The van der Waals surface area contributed by atoms with Gasteiger partial charge in [0.2, 0.25) is 0 Å². The molecule has 0 bridgehead atoms. The van der Waals surface area contributed by atoms with Crippen LogP contribution in [0.25, 0.3) is 0 Å². The van der Waals surface area contributed by atoms with Crippen molar-refractivity contribution in [3.63, 3.8) is 0 Å². The van der Waals surface area contributed by atoms with Gasteiger partial charge in [-0.15, -0.1) is 0 Å². The van der Waals surface area contributed by atoms with Crippen LogP contribution < -0.4 is 5.46 Å². The van der Waals surface area contributed by atoms with E-state index in [4.69, 9.17) is 9.39 Å². The zero-order chi connectivity index (χ0) is 18.1. The van der Waals surface area contributed by atoms with E-state index < -0.39 is 29.8 Å². The van der Waals surface area contributed by atoms with Crippen LogP contribution in [-0.2, 0) is 19.7 Å². The number of hydrogen-bond acceptors (Lipinski definition) is 6. The van der Waals surface area contributed by atoms with Crippen molar-refractivity contribution < 1.29 is 24.3 Å². The van der Waals surface area contributed by atoms with Gasteiger partial charge >= 0.3 is 13.1 Å². The third kappa shape index (κ3) is 4.34. The summed E-state index contributed by atoms with van der Waals surface area (Å²) in [6.07, 6.45) is 2.95. The number of carbonyl (C=O) groups excluding carboxylic acids is 1. The molecule has 0 radical (unpaired) electrons. The van der Waals surface area contributed by atoms with Crippen molar-refractivity contribution in [1.82, 2.24) is 9.78 Å². The van der Waals surface area contributed by atoms with Crippen LogP contribution in [0.3, 0.4) is 0 Å². The first-order valence-electron chi connectivity index (χ1n) is 7.63. The summed E-state index contributed by atoms with van der Waals surface area (Å²) in [6, 6.07) is 0. The standard InChI is InChI=1S/C15H27BN2O5/c1-8-22-12(19)13(2,3)18-10-11(9-17-18)16(21)23-15(6,7)14(4,5)20/h9-10,20-21H,8H2,1-7H3. The summed E-state index contributed by atoms with van der Waals surface area (Å²) in [4.78, 5) is 12.0. The maximum absolute atomic E-state index is 12.0.